The molecule has 2 aromatic rings. The van der Waals surface area contributed by atoms with E-state index in [0.717, 1.165) is 4.47 Å². The smallest absolute Gasteiger partial charge is 0.258 e. The number of amides is 1. The Bertz CT molecular complexity index is 702. The quantitative estimate of drug-likeness (QED) is 0.819. The monoisotopic (exact) mass is 389 g/mol. The zero-order valence-electron chi connectivity index (χ0n) is 13.4. The third-order valence-corrected chi connectivity index (χ3v) is 4.60. The van der Waals surface area contributed by atoms with Gasteiger partial charge in [-0.3, -0.25) is 9.78 Å². The Morgan fingerprint density at radius 1 is 1.29 bits per heavy atom. The number of carbonyl (C=O) groups excluding carboxylic acids is 1. The van der Waals surface area contributed by atoms with Crippen molar-refractivity contribution in [1.82, 2.24) is 9.97 Å². The fourth-order valence-electron chi connectivity index (χ4n) is 2.88. The van der Waals surface area contributed by atoms with Crippen molar-refractivity contribution in [3.63, 3.8) is 0 Å². The highest BCUT2D eigenvalue weighted by atomic mass is 79.9. The van der Waals surface area contributed by atoms with Crippen molar-refractivity contribution in [2.75, 3.05) is 11.9 Å². The molecule has 0 atom stereocenters. The molecule has 3 rings (SSSR count). The average Bonchev–Trinajstić information content (AvgIpc) is 2.62. The van der Waals surface area contributed by atoms with Gasteiger partial charge in [0, 0.05) is 23.1 Å². The predicted molar refractivity (Wildman–Crippen MR) is 96.2 cm³/mol. The van der Waals surface area contributed by atoms with Crippen molar-refractivity contribution < 1.29 is 9.53 Å². The molecule has 0 spiro atoms. The number of hydrogen-bond acceptors (Lipinski definition) is 4. The SMILES string of the molecule is O=C(Nc1ncccc1OCC1CCCCC1)c1cncc(Br)c1. The molecule has 0 saturated heterocycles. The Kier molecular flexibility index (Phi) is 5.80. The van der Waals surface area contributed by atoms with Crippen molar-refractivity contribution in [1.29, 1.82) is 0 Å². The first-order chi connectivity index (χ1) is 11.7. The second kappa shape index (κ2) is 8.24. The van der Waals surface area contributed by atoms with Crippen LogP contribution in [0.15, 0.2) is 41.3 Å². The number of hydrogen-bond donors (Lipinski definition) is 1. The molecule has 126 valence electrons. The van der Waals surface area contributed by atoms with Crippen LogP contribution in [0.25, 0.3) is 0 Å². The number of pyridine rings is 2. The summed E-state index contributed by atoms with van der Waals surface area (Å²) in [5.74, 6) is 1.39. The van der Waals surface area contributed by atoms with Crippen molar-refractivity contribution in [3.8, 4) is 5.75 Å². The lowest BCUT2D eigenvalue weighted by molar-refractivity contribution is 0.102. The van der Waals surface area contributed by atoms with Gasteiger partial charge in [0.15, 0.2) is 11.6 Å². The molecule has 1 aliphatic carbocycles. The summed E-state index contributed by atoms with van der Waals surface area (Å²) in [5, 5.41) is 2.81. The van der Waals surface area contributed by atoms with Gasteiger partial charge in [-0.25, -0.2) is 4.98 Å². The van der Waals surface area contributed by atoms with Crippen LogP contribution in [0.4, 0.5) is 5.82 Å². The van der Waals surface area contributed by atoms with Crippen LogP contribution in [0.2, 0.25) is 0 Å². The summed E-state index contributed by atoms with van der Waals surface area (Å²) >= 11 is 3.32. The standard InChI is InChI=1S/C18H20BrN3O2/c19-15-9-14(10-20-11-15)18(23)22-17-16(7-4-8-21-17)24-12-13-5-2-1-3-6-13/h4,7-11,13H,1-3,5-6,12H2,(H,21,22,23). The molecule has 2 aromatic heterocycles. The first-order valence-corrected chi connectivity index (χ1v) is 9.01. The minimum absolute atomic E-state index is 0.259. The number of nitrogens with zero attached hydrogens (tertiary/aromatic N) is 2. The van der Waals surface area contributed by atoms with Gasteiger partial charge in [-0.1, -0.05) is 19.3 Å². The van der Waals surface area contributed by atoms with Gasteiger partial charge in [-0.15, -0.1) is 0 Å². The molecule has 0 aliphatic heterocycles. The average molecular weight is 390 g/mol. The van der Waals surface area contributed by atoms with E-state index in [2.05, 4.69) is 31.2 Å². The van der Waals surface area contributed by atoms with Gasteiger partial charge in [0.1, 0.15) is 0 Å². The van der Waals surface area contributed by atoms with Crippen LogP contribution in [0.1, 0.15) is 42.5 Å². The summed E-state index contributed by atoms with van der Waals surface area (Å²) in [6, 6.07) is 5.37. The van der Waals surface area contributed by atoms with Crippen molar-refractivity contribution in [3.05, 3.63) is 46.8 Å². The highest BCUT2D eigenvalue weighted by molar-refractivity contribution is 9.10. The normalized spacial score (nSPS) is 15.0. The van der Waals surface area contributed by atoms with E-state index in [9.17, 15) is 4.79 Å². The number of anilines is 1. The molecule has 6 heteroatoms. The summed E-state index contributed by atoms with van der Waals surface area (Å²) in [6.45, 7) is 0.674. The van der Waals surface area contributed by atoms with E-state index in [4.69, 9.17) is 4.74 Å². The zero-order valence-corrected chi connectivity index (χ0v) is 15.0. The lowest BCUT2D eigenvalue weighted by atomic mass is 9.90. The van der Waals surface area contributed by atoms with Crippen molar-refractivity contribution in [2.45, 2.75) is 32.1 Å². The Morgan fingerprint density at radius 3 is 2.92 bits per heavy atom. The second-order valence-electron chi connectivity index (χ2n) is 6.01. The number of rotatable bonds is 5. The predicted octanol–water partition coefficient (Wildman–Crippen LogP) is 4.45. The van der Waals surface area contributed by atoms with Crippen LogP contribution in [0, 0.1) is 5.92 Å². The van der Waals surface area contributed by atoms with Crippen LogP contribution in [0.5, 0.6) is 5.75 Å². The minimum Gasteiger partial charge on any atom is -0.489 e. The molecule has 2 heterocycles. The molecule has 1 amide bonds. The summed E-state index contributed by atoms with van der Waals surface area (Å²) in [4.78, 5) is 20.6. The van der Waals surface area contributed by atoms with Gasteiger partial charge < -0.3 is 10.1 Å². The molecule has 0 radical (unpaired) electrons. The highest BCUT2D eigenvalue weighted by Crippen LogP contribution is 2.27. The molecule has 0 unspecified atom stereocenters. The maximum absolute atomic E-state index is 12.4. The number of carbonyl (C=O) groups is 1. The van der Waals surface area contributed by atoms with E-state index >= 15 is 0 Å². The summed E-state index contributed by atoms with van der Waals surface area (Å²) in [7, 11) is 0. The van der Waals surface area contributed by atoms with E-state index in [-0.39, 0.29) is 5.91 Å². The zero-order chi connectivity index (χ0) is 16.8. The number of nitrogens with one attached hydrogen (secondary N) is 1. The lowest BCUT2D eigenvalue weighted by Gasteiger charge is -2.22. The Morgan fingerprint density at radius 2 is 2.12 bits per heavy atom. The summed E-state index contributed by atoms with van der Waals surface area (Å²) < 4.78 is 6.69. The van der Waals surface area contributed by atoms with Crippen molar-refractivity contribution >= 4 is 27.7 Å². The van der Waals surface area contributed by atoms with Crippen molar-refractivity contribution in [2.24, 2.45) is 5.92 Å². The maximum atomic E-state index is 12.4. The molecule has 5 nitrogen and oxygen atoms in total. The molecule has 1 N–H and O–H groups in total. The highest BCUT2D eigenvalue weighted by Gasteiger charge is 2.16. The molecule has 1 saturated carbocycles. The van der Waals surface area contributed by atoms with E-state index < -0.39 is 0 Å². The Balaban J connectivity index is 1.66. The minimum atomic E-state index is -0.259. The third-order valence-electron chi connectivity index (χ3n) is 4.17. The molecule has 0 aromatic carbocycles. The largest absolute Gasteiger partial charge is 0.489 e. The molecule has 0 bridgehead atoms. The second-order valence-corrected chi connectivity index (χ2v) is 6.93. The Hall–Kier alpha value is -1.95. The number of halogens is 1. The molecule has 1 fully saturated rings. The van der Waals surface area contributed by atoms with E-state index in [0.29, 0.717) is 29.7 Å². The summed E-state index contributed by atoms with van der Waals surface area (Å²) in [5.41, 5.74) is 0.466. The van der Waals surface area contributed by atoms with Gasteiger partial charge in [0.2, 0.25) is 0 Å². The maximum Gasteiger partial charge on any atom is 0.258 e. The first kappa shape index (κ1) is 16.9. The molecule has 1 aliphatic rings. The Labute approximate surface area is 150 Å². The lowest BCUT2D eigenvalue weighted by Crippen LogP contribution is -2.18. The fraction of sp³-hybridized carbons (Fsp3) is 0.389. The van der Waals surface area contributed by atoms with Crippen LogP contribution in [-0.4, -0.2) is 22.5 Å². The van der Waals surface area contributed by atoms with E-state index in [1.165, 1.54) is 38.3 Å². The fourth-order valence-corrected chi connectivity index (χ4v) is 3.24. The van der Waals surface area contributed by atoms with E-state index in [1.54, 1.807) is 18.5 Å². The summed E-state index contributed by atoms with van der Waals surface area (Å²) in [6.07, 6.45) is 11.1. The van der Waals surface area contributed by atoms with Crippen LogP contribution < -0.4 is 10.1 Å². The van der Waals surface area contributed by atoms with Gasteiger partial charge >= 0.3 is 0 Å². The van der Waals surface area contributed by atoms with Gasteiger partial charge in [-0.05, 0) is 52.9 Å². The van der Waals surface area contributed by atoms with Gasteiger partial charge in [-0.2, -0.15) is 0 Å². The molecular weight excluding hydrogens is 370 g/mol. The molecule has 24 heavy (non-hydrogen) atoms. The van der Waals surface area contributed by atoms with Crippen LogP contribution in [0.3, 0.4) is 0 Å². The van der Waals surface area contributed by atoms with Crippen LogP contribution >= 0.6 is 15.9 Å². The number of ether oxygens (including phenoxy) is 1. The van der Waals surface area contributed by atoms with Gasteiger partial charge in [0.05, 0.1) is 12.2 Å². The number of aromatic nitrogens is 2. The van der Waals surface area contributed by atoms with Gasteiger partial charge in [0.25, 0.3) is 5.91 Å². The van der Waals surface area contributed by atoms with Crippen LogP contribution in [-0.2, 0) is 0 Å². The van der Waals surface area contributed by atoms with E-state index in [1.807, 2.05) is 12.1 Å². The molecular formula is C18H20BrN3O2. The topological polar surface area (TPSA) is 64.1 Å². The first-order valence-electron chi connectivity index (χ1n) is 8.22. The third kappa shape index (κ3) is 4.54.